The zero-order chi connectivity index (χ0) is 22.4. The van der Waals surface area contributed by atoms with Crippen molar-refractivity contribution < 1.29 is 9.53 Å². The number of anilines is 1. The van der Waals surface area contributed by atoms with Gasteiger partial charge < -0.3 is 15.0 Å². The molecule has 1 fully saturated rings. The lowest BCUT2D eigenvalue weighted by molar-refractivity contribution is 0.142. The van der Waals surface area contributed by atoms with E-state index in [-0.39, 0.29) is 12.2 Å². The summed E-state index contributed by atoms with van der Waals surface area (Å²) in [7, 11) is 1.77. The van der Waals surface area contributed by atoms with Crippen molar-refractivity contribution in [3.8, 4) is 0 Å². The molecule has 0 aliphatic carbocycles. The van der Waals surface area contributed by atoms with Crippen LogP contribution in [0.1, 0.15) is 29.2 Å². The number of carbonyl (C=O) groups excluding carboxylic acids is 1. The molecule has 0 aromatic carbocycles. The minimum absolute atomic E-state index is 0.0172. The summed E-state index contributed by atoms with van der Waals surface area (Å²) < 4.78 is 5.29. The SMILES string of the molecule is Cc1nc(C)c(Cl)c(NCc2nccc(SCCCSCC3CN(C)C(=O)O3)c2C)n1. The molecule has 1 saturated heterocycles. The predicted molar refractivity (Wildman–Crippen MR) is 128 cm³/mol. The van der Waals surface area contributed by atoms with Crippen LogP contribution >= 0.6 is 35.1 Å². The Morgan fingerprint density at radius 1 is 1.29 bits per heavy atom. The summed E-state index contributed by atoms with van der Waals surface area (Å²) in [5.74, 6) is 4.27. The van der Waals surface area contributed by atoms with Crippen LogP contribution in [0, 0.1) is 20.8 Å². The van der Waals surface area contributed by atoms with E-state index in [9.17, 15) is 4.79 Å². The Balaban J connectivity index is 1.43. The van der Waals surface area contributed by atoms with Crippen LogP contribution in [0.3, 0.4) is 0 Å². The first-order chi connectivity index (χ1) is 14.8. The molecule has 1 unspecified atom stereocenters. The number of amides is 1. The van der Waals surface area contributed by atoms with E-state index in [4.69, 9.17) is 16.3 Å². The summed E-state index contributed by atoms with van der Waals surface area (Å²) >= 11 is 10.0. The molecule has 0 bridgehead atoms. The molecule has 31 heavy (non-hydrogen) atoms. The van der Waals surface area contributed by atoms with Crippen LogP contribution in [0.5, 0.6) is 0 Å². The molecule has 1 atom stereocenters. The van der Waals surface area contributed by atoms with Gasteiger partial charge in [0, 0.05) is 23.9 Å². The number of hydrogen-bond donors (Lipinski definition) is 1. The van der Waals surface area contributed by atoms with Crippen LogP contribution in [-0.2, 0) is 11.3 Å². The second-order valence-electron chi connectivity index (χ2n) is 7.42. The number of nitrogens with zero attached hydrogens (tertiary/aromatic N) is 4. The number of thioether (sulfide) groups is 2. The van der Waals surface area contributed by atoms with Crippen LogP contribution in [0.15, 0.2) is 17.2 Å². The Morgan fingerprint density at radius 2 is 2.10 bits per heavy atom. The van der Waals surface area contributed by atoms with Gasteiger partial charge in [-0.1, -0.05) is 11.6 Å². The molecular weight excluding hydrogens is 454 g/mol. The normalized spacial score (nSPS) is 16.0. The lowest BCUT2D eigenvalue weighted by atomic mass is 10.2. The second-order valence-corrected chi connectivity index (χ2v) is 10.1. The van der Waals surface area contributed by atoms with Crippen molar-refractivity contribution in [2.24, 2.45) is 0 Å². The molecule has 168 valence electrons. The van der Waals surface area contributed by atoms with Gasteiger partial charge in [0.25, 0.3) is 0 Å². The third-order valence-electron chi connectivity index (χ3n) is 4.86. The maximum Gasteiger partial charge on any atom is 0.409 e. The van der Waals surface area contributed by atoms with Gasteiger partial charge in [-0.05, 0) is 50.3 Å². The Morgan fingerprint density at radius 3 is 2.84 bits per heavy atom. The van der Waals surface area contributed by atoms with Gasteiger partial charge in [-0.3, -0.25) is 4.98 Å². The zero-order valence-electron chi connectivity index (χ0n) is 18.3. The molecule has 1 aliphatic heterocycles. The van der Waals surface area contributed by atoms with Crippen molar-refractivity contribution in [3.05, 3.63) is 40.1 Å². The van der Waals surface area contributed by atoms with Crippen molar-refractivity contribution in [1.29, 1.82) is 0 Å². The lowest BCUT2D eigenvalue weighted by Crippen LogP contribution is -2.20. The van der Waals surface area contributed by atoms with E-state index in [1.165, 1.54) is 10.5 Å². The van der Waals surface area contributed by atoms with Crippen molar-refractivity contribution in [1.82, 2.24) is 19.9 Å². The Hall–Kier alpha value is -1.71. The number of halogens is 1. The van der Waals surface area contributed by atoms with Gasteiger partial charge in [0.15, 0.2) is 0 Å². The highest BCUT2D eigenvalue weighted by atomic mass is 35.5. The third kappa shape index (κ3) is 6.63. The van der Waals surface area contributed by atoms with E-state index >= 15 is 0 Å². The predicted octanol–water partition coefficient (Wildman–Crippen LogP) is 4.73. The summed E-state index contributed by atoms with van der Waals surface area (Å²) in [4.78, 5) is 27.4. The fourth-order valence-corrected chi connectivity index (χ4v) is 5.46. The monoisotopic (exact) mass is 481 g/mol. The standard InChI is InChI=1S/C21H28ClN5O2S2/c1-13-17(10-24-20-19(22)14(2)25-15(3)26-20)23-7-6-18(13)31-9-5-8-30-12-16-11-27(4)21(28)29-16/h6-7,16H,5,8-12H2,1-4H3,(H,24,25,26). The van der Waals surface area contributed by atoms with E-state index in [2.05, 4.69) is 33.3 Å². The van der Waals surface area contributed by atoms with Crippen LogP contribution in [0.4, 0.5) is 10.6 Å². The first-order valence-electron chi connectivity index (χ1n) is 10.2. The topological polar surface area (TPSA) is 80.2 Å². The number of pyridine rings is 1. The van der Waals surface area contributed by atoms with E-state index in [0.717, 1.165) is 35.1 Å². The summed E-state index contributed by atoms with van der Waals surface area (Å²) in [6.07, 6.45) is 2.75. The van der Waals surface area contributed by atoms with Crippen molar-refractivity contribution >= 4 is 47.0 Å². The number of nitrogens with one attached hydrogen (secondary N) is 1. The number of cyclic esters (lactones) is 1. The molecule has 10 heteroatoms. The lowest BCUT2D eigenvalue weighted by Gasteiger charge is -2.13. The summed E-state index contributed by atoms with van der Waals surface area (Å²) in [6, 6.07) is 2.07. The van der Waals surface area contributed by atoms with Crippen molar-refractivity contribution in [3.63, 3.8) is 0 Å². The second kappa shape index (κ2) is 11.2. The van der Waals surface area contributed by atoms with Crippen LogP contribution in [0.2, 0.25) is 5.02 Å². The Bertz CT molecular complexity index is 931. The van der Waals surface area contributed by atoms with E-state index in [1.807, 2.05) is 43.6 Å². The molecular formula is C21H28ClN5O2S2. The molecule has 1 N–H and O–H groups in total. The molecule has 0 radical (unpaired) electrons. The smallest absolute Gasteiger partial charge is 0.409 e. The summed E-state index contributed by atoms with van der Waals surface area (Å²) in [5, 5.41) is 3.85. The fourth-order valence-electron chi connectivity index (χ4n) is 3.17. The zero-order valence-corrected chi connectivity index (χ0v) is 20.7. The first-order valence-corrected chi connectivity index (χ1v) is 12.7. The molecule has 3 rings (SSSR count). The summed E-state index contributed by atoms with van der Waals surface area (Å²) in [6.45, 7) is 7.07. The van der Waals surface area contributed by atoms with Gasteiger partial charge in [0.05, 0.1) is 24.5 Å². The average molecular weight is 482 g/mol. The Kier molecular flexibility index (Phi) is 8.68. The fraction of sp³-hybridized carbons (Fsp3) is 0.524. The number of carbonyl (C=O) groups is 1. The van der Waals surface area contributed by atoms with Crippen LogP contribution in [0.25, 0.3) is 0 Å². The highest BCUT2D eigenvalue weighted by Crippen LogP contribution is 2.27. The largest absolute Gasteiger partial charge is 0.443 e. The highest BCUT2D eigenvalue weighted by Gasteiger charge is 2.27. The number of likely N-dealkylation sites (N-methyl/N-ethyl adjacent to an activating group) is 1. The number of hydrogen-bond acceptors (Lipinski definition) is 8. The maximum atomic E-state index is 11.4. The number of aryl methyl sites for hydroxylation is 2. The van der Waals surface area contributed by atoms with Gasteiger partial charge in [-0.15, -0.1) is 11.8 Å². The van der Waals surface area contributed by atoms with E-state index < -0.39 is 0 Å². The van der Waals surface area contributed by atoms with Crippen molar-refractivity contribution in [2.75, 3.05) is 36.2 Å². The average Bonchev–Trinajstić information content (AvgIpc) is 3.05. The number of aromatic nitrogens is 3. The maximum absolute atomic E-state index is 11.4. The van der Waals surface area contributed by atoms with Gasteiger partial charge >= 0.3 is 6.09 Å². The van der Waals surface area contributed by atoms with Crippen molar-refractivity contribution in [2.45, 2.75) is 44.7 Å². The molecule has 2 aromatic heterocycles. The van der Waals surface area contributed by atoms with Gasteiger partial charge in [-0.2, -0.15) is 11.8 Å². The van der Waals surface area contributed by atoms with Gasteiger partial charge in [0.1, 0.15) is 22.8 Å². The summed E-state index contributed by atoms with van der Waals surface area (Å²) in [5.41, 5.74) is 2.92. The minimum atomic E-state index is -0.216. The third-order valence-corrected chi connectivity index (χ3v) is 7.75. The number of rotatable bonds is 10. The van der Waals surface area contributed by atoms with Gasteiger partial charge in [-0.25, -0.2) is 14.8 Å². The van der Waals surface area contributed by atoms with E-state index in [1.54, 1.807) is 11.9 Å². The minimum Gasteiger partial charge on any atom is -0.443 e. The van der Waals surface area contributed by atoms with Gasteiger partial charge in [0.2, 0.25) is 0 Å². The van der Waals surface area contributed by atoms with E-state index in [0.29, 0.717) is 29.8 Å². The Labute approximate surface area is 197 Å². The molecule has 0 saturated carbocycles. The van der Waals surface area contributed by atoms with Crippen LogP contribution in [-0.4, -0.2) is 62.9 Å². The molecule has 2 aromatic rings. The first kappa shape index (κ1) is 23.9. The molecule has 3 heterocycles. The quantitative estimate of drug-likeness (QED) is 0.385. The molecule has 7 nitrogen and oxygen atoms in total. The molecule has 1 aliphatic rings. The molecule has 1 amide bonds. The number of ether oxygens (including phenoxy) is 1. The highest BCUT2D eigenvalue weighted by molar-refractivity contribution is 8.00. The molecule has 0 spiro atoms. The van der Waals surface area contributed by atoms with Crippen LogP contribution < -0.4 is 5.32 Å².